The minimum absolute atomic E-state index is 0.0413. The Morgan fingerprint density at radius 2 is 2.05 bits per heavy atom. The average Bonchev–Trinajstić information content (AvgIpc) is 2.53. The summed E-state index contributed by atoms with van der Waals surface area (Å²) >= 11 is 3.42. The summed E-state index contributed by atoms with van der Waals surface area (Å²) in [6.45, 7) is 4.30. The lowest BCUT2D eigenvalue weighted by Crippen LogP contribution is -2.04. The lowest BCUT2D eigenvalue weighted by molar-refractivity contribution is 0.196. The summed E-state index contributed by atoms with van der Waals surface area (Å²) in [5.41, 5.74) is 3.89. The molecule has 0 spiro atoms. The number of hydrogen-bond acceptors (Lipinski definition) is 4. The number of nitrogens with one attached hydrogen (secondary N) is 1. The summed E-state index contributed by atoms with van der Waals surface area (Å²) in [5, 5.41) is 11.8. The first-order chi connectivity index (χ1) is 10.2. The van der Waals surface area contributed by atoms with E-state index in [-0.39, 0.29) is 13.2 Å². The molecular formula is C16H17BrN2O2. The van der Waals surface area contributed by atoms with Crippen molar-refractivity contribution in [3.05, 3.63) is 58.7 Å². The van der Waals surface area contributed by atoms with Gasteiger partial charge in [0.2, 0.25) is 5.88 Å². The molecule has 0 fully saturated rings. The van der Waals surface area contributed by atoms with Crippen LogP contribution in [0.2, 0.25) is 0 Å². The van der Waals surface area contributed by atoms with Crippen LogP contribution in [-0.4, -0.2) is 30.4 Å². The molecule has 0 saturated carbocycles. The summed E-state index contributed by atoms with van der Waals surface area (Å²) in [4.78, 5) is 4.24. The van der Waals surface area contributed by atoms with Crippen LogP contribution >= 0.6 is 15.9 Å². The second kappa shape index (κ2) is 7.24. The van der Waals surface area contributed by atoms with Crippen molar-refractivity contribution in [2.24, 2.45) is 0 Å². The van der Waals surface area contributed by atoms with E-state index >= 15 is 0 Å². The number of aliphatic hydroxyl groups is 1. The second-order valence-electron chi connectivity index (χ2n) is 4.39. The SMILES string of the molecule is C=C(c1ccc(NC)cc1)c1cnc(OCCO)c(Br)c1. The Bertz CT molecular complexity index is 627. The molecule has 0 amide bonds. The number of nitrogens with zero attached hydrogens (tertiary/aromatic N) is 1. The molecular weight excluding hydrogens is 332 g/mol. The molecule has 4 nitrogen and oxygen atoms in total. The molecule has 21 heavy (non-hydrogen) atoms. The minimum atomic E-state index is -0.0413. The van der Waals surface area contributed by atoms with Crippen molar-refractivity contribution in [2.75, 3.05) is 25.6 Å². The molecule has 0 radical (unpaired) electrons. The Morgan fingerprint density at radius 3 is 2.62 bits per heavy atom. The molecule has 2 aromatic rings. The lowest BCUT2D eigenvalue weighted by Gasteiger charge is -2.10. The molecule has 1 aromatic heterocycles. The Balaban J connectivity index is 2.20. The van der Waals surface area contributed by atoms with E-state index in [1.165, 1.54) is 0 Å². The van der Waals surface area contributed by atoms with Crippen LogP contribution in [0.3, 0.4) is 0 Å². The number of halogens is 1. The van der Waals surface area contributed by atoms with Gasteiger partial charge in [0, 0.05) is 24.5 Å². The van der Waals surface area contributed by atoms with Crippen molar-refractivity contribution >= 4 is 27.2 Å². The molecule has 1 heterocycles. The molecule has 2 N–H and O–H groups in total. The third kappa shape index (κ3) is 3.83. The Kier molecular flexibility index (Phi) is 5.36. The van der Waals surface area contributed by atoms with Crippen molar-refractivity contribution in [3.63, 3.8) is 0 Å². The van der Waals surface area contributed by atoms with Gasteiger partial charge in [-0.3, -0.25) is 0 Å². The summed E-state index contributed by atoms with van der Waals surface area (Å²) < 4.78 is 6.05. The van der Waals surface area contributed by atoms with Gasteiger partial charge in [-0.2, -0.15) is 0 Å². The van der Waals surface area contributed by atoms with Gasteiger partial charge in [-0.05, 0) is 45.3 Å². The first-order valence-electron chi connectivity index (χ1n) is 6.52. The number of benzene rings is 1. The van der Waals surface area contributed by atoms with Crippen LogP contribution in [0.1, 0.15) is 11.1 Å². The Labute approximate surface area is 132 Å². The van der Waals surface area contributed by atoms with E-state index in [9.17, 15) is 0 Å². The monoisotopic (exact) mass is 348 g/mol. The number of aromatic nitrogens is 1. The van der Waals surface area contributed by atoms with Crippen LogP contribution in [0.4, 0.5) is 5.69 Å². The van der Waals surface area contributed by atoms with Crippen molar-refractivity contribution in [1.29, 1.82) is 0 Å². The van der Waals surface area contributed by atoms with Gasteiger partial charge in [-0.25, -0.2) is 4.98 Å². The molecule has 0 bridgehead atoms. The van der Waals surface area contributed by atoms with Crippen LogP contribution in [0.5, 0.6) is 5.88 Å². The van der Waals surface area contributed by atoms with Crippen LogP contribution in [0.25, 0.3) is 5.57 Å². The van der Waals surface area contributed by atoms with Gasteiger partial charge in [0.25, 0.3) is 0 Å². The number of aliphatic hydroxyl groups excluding tert-OH is 1. The molecule has 2 rings (SSSR count). The van der Waals surface area contributed by atoms with Crippen molar-refractivity contribution < 1.29 is 9.84 Å². The maximum Gasteiger partial charge on any atom is 0.228 e. The maximum absolute atomic E-state index is 8.77. The highest BCUT2D eigenvalue weighted by Gasteiger charge is 2.08. The zero-order valence-electron chi connectivity index (χ0n) is 11.8. The van der Waals surface area contributed by atoms with Crippen LogP contribution in [-0.2, 0) is 0 Å². The Hall–Kier alpha value is -1.85. The van der Waals surface area contributed by atoms with Gasteiger partial charge < -0.3 is 15.2 Å². The van der Waals surface area contributed by atoms with E-state index < -0.39 is 0 Å². The first-order valence-corrected chi connectivity index (χ1v) is 7.31. The molecule has 0 atom stereocenters. The molecule has 0 aliphatic carbocycles. The summed E-state index contributed by atoms with van der Waals surface area (Å²) in [6, 6.07) is 9.94. The normalized spacial score (nSPS) is 10.2. The van der Waals surface area contributed by atoms with E-state index in [0.29, 0.717) is 5.88 Å². The van der Waals surface area contributed by atoms with E-state index in [0.717, 1.165) is 26.9 Å². The number of hydrogen-bond donors (Lipinski definition) is 2. The van der Waals surface area contributed by atoms with Crippen LogP contribution in [0, 0.1) is 0 Å². The number of anilines is 1. The second-order valence-corrected chi connectivity index (χ2v) is 5.24. The highest BCUT2D eigenvalue weighted by Crippen LogP contribution is 2.29. The fraction of sp³-hybridized carbons (Fsp3) is 0.188. The fourth-order valence-corrected chi connectivity index (χ4v) is 2.31. The van der Waals surface area contributed by atoms with Gasteiger partial charge in [0.1, 0.15) is 6.61 Å². The van der Waals surface area contributed by atoms with Crippen LogP contribution < -0.4 is 10.1 Å². The standard InChI is InChI=1S/C16H17BrN2O2/c1-11(12-3-5-14(18-2)6-4-12)13-9-15(17)16(19-10-13)21-8-7-20/h3-6,9-10,18,20H,1,7-8H2,2H3. The van der Waals surface area contributed by atoms with Gasteiger partial charge in [0.15, 0.2) is 0 Å². The molecule has 1 aromatic carbocycles. The fourth-order valence-electron chi connectivity index (χ4n) is 1.84. The van der Waals surface area contributed by atoms with Gasteiger partial charge in [-0.1, -0.05) is 18.7 Å². The van der Waals surface area contributed by atoms with E-state index in [4.69, 9.17) is 9.84 Å². The molecule has 0 aliphatic heterocycles. The van der Waals surface area contributed by atoms with E-state index in [2.05, 4.69) is 32.8 Å². The number of ether oxygens (including phenoxy) is 1. The van der Waals surface area contributed by atoms with Gasteiger partial charge in [0.05, 0.1) is 11.1 Å². The Morgan fingerprint density at radius 1 is 1.33 bits per heavy atom. The average molecular weight is 349 g/mol. The summed E-state index contributed by atoms with van der Waals surface area (Å²) in [5.74, 6) is 0.464. The topological polar surface area (TPSA) is 54.4 Å². The van der Waals surface area contributed by atoms with Crippen LogP contribution in [0.15, 0.2) is 47.6 Å². The summed E-state index contributed by atoms with van der Waals surface area (Å²) in [6.07, 6.45) is 1.71. The van der Waals surface area contributed by atoms with Crippen molar-refractivity contribution in [3.8, 4) is 5.88 Å². The van der Waals surface area contributed by atoms with Gasteiger partial charge in [-0.15, -0.1) is 0 Å². The summed E-state index contributed by atoms with van der Waals surface area (Å²) in [7, 11) is 1.88. The molecule has 0 saturated heterocycles. The number of rotatable bonds is 6. The van der Waals surface area contributed by atoms with E-state index in [1.807, 2.05) is 37.4 Å². The minimum Gasteiger partial charge on any atom is -0.474 e. The maximum atomic E-state index is 8.77. The van der Waals surface area contributed by atoms with E-state index in [1.54, 1.807) is 6.20 Å². The first kappa shape index (κ1) is 15.5. The third-order valence-corrected chi connectivity index (χ3v) is 3.58. The number of pyridine rings is 1. The van der Waals surface area contributed by atoms with Crippen molar-refractivity contribution in [1.82, 2.24) is 4.98 Å². The quantitative estimate of drug-likeness (QED) is 0.840. The highest BCUT2D eigenvalue weighted by molar-refractivity contribution is 9.10. The molecule has 0 unspecified atom stereocenters. The lowest BCUT2D eigenvalue weighted by atomic mass is 10.0. The van der Waals surface area contributed by atoms with Gasteiger partial charge >= 0.3 is 0 Å². The molecule has 110 valence electrons. The largest absolute Gasteiger partial charge is 0.474 e. The predicted octanol–water partition coefficient (Wildman–Crippen LogP) is 3.32. The zero-order valence-corrected chi connectivity index (χ0v) is 13.4. The third-order valence-electron chi connectivity index (χ3n) is 3.01. The molecule has 5 heteroatoms. The predicted molar refractivity (Wildman–Crippen MR) is 88.6 cm³/mol. The van der Waals surface area contributed by atoms with Crippen molar-refractivity contribution in [2.45, 2.75) is 0 Å². The smallest absolute Gasteiger partial charge is 0.228 e. The highest BCUT2D eigenvalue weighted by atomic mass is 79.9. The zero-order chi connectivity index (χ0) is 15.2. The molecule has 0 aliphatic rings.